The monoisotopic (exact) mass is 278 g/mol. The third-order valence-corrected chi connectivity index (χ3v) is 3.44. The first-order valence-corrected chi connectivity index (χ1v) is 7.45. The van der Waals surface area contributed by atoms with E-state index in [9.17, 15) is 0 Å². The van der Waals surface area contributed by atoms with E-state index in [0.717, 1.165) is 0 Å². The first-order valence-electron chi connectivity index (χ1n) is 7.45. The summed E-state index contributed by atoms with van der Waals surface area (Å²) in [6, 6.07) is 25.1. The highest BCUT2D eigenvalue weighted by Crippen LogP contribution is 2.30. The molecule has 0 aliphatic heterocycles. The van der Waals surface area contributed by atoms with Crippen molar-refractivity contribution in [3.8, 4) is 0 Å². The first-order chi connectivity index (χ1) is 10.4. The Hall–Kier alpha value is -2.12. The molecular formula is C20H22O. The van der Waals surface area contributed by atoms with E-state index in [4.69, 9.17) is 4.74 Å². The lowest BCUT2D eigenvalue weighted by atomic mass is 9.96. The second kappa shape index (κ2) is 7.61. The molecule has 1 nitrogen and oxygen atoms in total. The summed E-state index contributed by atoms with van der Waals surface area (Å²) in [5, 5.41) is 2.50. The fourth-order valence-electron chi connectivity index (χ4n) is 2.55. The molecule has 0 bridgehead atoms. The molecule has 1 heteroatoms. The Kier molecular flexibility index (Phi) is 5.53. The van der Waals surface area contributed by atoms with E-state index in [1.165, 1.54) is 21.9 Å². The van der Waals surface area contributed by atoms with Crippen LogP contribution in [0.3, 0.4) is 0 Å². The number of hydrogen-bond acceptors (Lipinski definition) is 1. The van der Waals surface area contributed by atoms with Gasteiger partial charge in [0.2, 0.25) is 0 Å². The second-order valence-electron chi connectivity index (χ2n) is 4.59. The maximum Gasteiger partial charge on any atom is 0.108 e. The maximum atomic E-state index is 5.73. The summed E-state index contributed by atoms with van der Waals surface area (Å²) >= 11 is 0. The normalized spacial score (nSPS) is 11.6. The van der Waals surface area contributed by atoms with Gasteiger partial charge in [0.15, 0.2) is 0 Å². The van der Waals surface area contributed by atoms with Crippen LogP contribution in [0.15, 0.2) is 72.8 Å². The molecule has 0 fully saturated rings. The van der Waals surface area contributed by atoms with Crippen LogP contribution >= 0.6 is 0 Å². The summed E-state index contributed by atoms with van der Waals surface area (Å²) in [7, 11) is 1.76. The molecular weight excluding hydrogens is 256 g/mol. The Bertz CT molecular complexity index is 668. The molecule has 3 aromatic carbocycles. The van der Waals surface area contributed by atoms with Gasteiger partial charge >= 0.3 is 0 Å². The van der Waals surface area contributed by atoms with Crippen molar-refractivity contribution in [2.75, 3.05) is 7.11 Å². The highest BCUT2D eigenvalue weighted by Gasteiger charge is 2.15. The summed E-state index contributed by atoms with van der Waals surface area (Å²) in [5.74, 6) is 0. The summed E-state index contributed by atoms with van der Waals surface area (Å²) < 4.78 is 5.73. The number of methoxy groups -OCH3 is 1. The summed E-state index contributed by atoms with van der Waals surface area (Å²) in [6.07, 6.45) is -0.0210. The number of rotatable bonds is 3. The van der Waals surface area contributed by atoms with Crippen molar-refractivity contribution in [2.24, 2.45) is 0 Å². The lowest BCUT2D eigenvalue weighted by Crippen LogP contribution is -2.03. The molecule has 108 valence electrons. The Labute approximate surface area is 127 Å². The van der Waals surface area contributed by atoms with Gasteiger partial charge in [0.05, 0.1) is 0 Å². The standard InChI is InChI=1S/C18H16O.C2H6/c1-19-18(15-9-3-2-4-10-15)17-13-7-11-14-8-5-6-12-16(14)17;1-2/h2-13,18H,1H3;1-2H3. The predicted octanol–water partition coefficient (Wildman–Crippen LogP) is 5.60. The summed E-state index contributed by atoms with van der Waals surface area (Å²) in [6.45, 7) is 4.00. The predicted molar refractivity (Wildman–Crippen MR) is 90.6 cm³/mol. The minimum atomic E-state index is -0.0210. The Morgan fingerprint density at radius 1 is 0.714 bits per heavy atom. The maximum absolute atomic E-state index is 5.73. The van der Waals surface area contributed by atoms with Crippen LogP contribution in [0.1, 0.15) is 31.1 Å². The van der Waals surface area contributed by atoms with Gasteiger partial charge in [0.1, 0.15) is 6.10 Å². The van der Waals surface area contributed by atoms with Crippen molar-refractivity contribution < 1.29 is 4.74 Å². The van der Waals surface area contributed by atoms with E-state index < -0.39 is 0 Å². The molecule has 0 aliphatic rings. The van der Waals surface area contributed by atoms with Gasteiger partial charge in [-0.25, -0.2) is 0 Å². The topological polar surface area (TPSA) is 9.23 Å². The van der Waals surface area contributed by atoms with Gasteiger partial charge in [-0.2, -0.15) is 0 Å². The summed E-state index contributed by atoms with van der Waals surface area (Å²) in [5.41, 5.74) is 2.40. The van der Waals surface area contributed by atoms with Crippen LogP contribution in [0, 0.1) is 0 Å². The van der Waals surface area contributed by atoms with E-state index in [1.54, 1.807) is 7.11 Å². The van der Waals surface area contributed by atoms with Gasteiger partial charge in [0, 0.05) is 7.11 Å². The zero-order valence-corrected chi connectivity index (χ0v) is 12.9. The van der Waals surface area contributed by atoms with Crippen LogP contribution < -0.4 is 0 Å². The minimum Gasteiger partial charge on any atom is -0.372 e. The molecule has 21 heavy (non-hydrogen) atoms. The lowest BCUT2D eigenvalue weighted by Gasteiger charge is -2.18. The van der Waals surface area contributed by atoms with E-state index in [-0.39, 0.29) is 6.10 Å². The van der Waals surface area contributed by atoms with Crippen molar-refractivity contribution in [1.82, 2.24) is 0 Å². The van der Waals surface area contributed by atoms with Crippen molar-refractivity contribution in [3.63, 3.8) is 0 Å². The third-order valence-electron chi connectivity index (χ3n) is 3.44. The minimum absolute atomic E-state index is 0.0210. The number of benzene rings is 3. The quantitative estimate of drug-likeness (QED) is 0.605. The van der Waals surface area contributed by atoms with E-state index >= 15 is 0 Å². The highest BCUT2D eigenvalue weighted by molar-refractivity contribution is 5.86. The molecule has 0 aliphatic carbocycles. The zero-order valence-electron chi connectivity index (χ0n) is 12.9. The number of ether oxygens (including phenoxy) is 1. The van der Waals surface area contributed by atoms with E-state index in [2.05, 4.69) is 54.6 Å². The first kappa shape index (κ1) is 15.3. The molecule has 3 rings (SSSR count). The zero-order chi connectivity index (χ0) is 15.1. The average Bonchev–Trinajstić information content (AvgIpc) is 2.59. The molecule has 0 saturated heterocycles. The lowest BCUT2D eigenvalue weighted by molar-refractivity contribution is 0.137. The second-order valence-corrected chi connectivity index (χ2v) is 4.59. The molecule has 3 aromatic rings. The average molecular weight is 278 g/mol. The number of fused-ring (bicyclic) bond motifs is 1. The molecule has 1 atom stereocenters. The van der Waals surface area contributed by atoms with Gasteiger partial charge in [-0.1, -0.05) is 86.6 Å². The van der Waals surface area contributed by atoms with Crippen LogP contribution in [0.4, 0.5) is 0 Å². The third kappa shape index (κ3) is 3.32. The van der Waals surface area contributed by atoms with Crippen LogP contribution in [0.25, 0.3) is 10.8 Å². The van der Waals surface area contributed by atoms with Gasteiger partial charge in [0.25, 0.3) is 0 Å². The fraction of sp³-hybridized carbons (Fsp3) is 0.200. The Morgan fingerprint density at radius 3 is 2.05 bits per heavy atom. The SMILES string of the molecule is CC.COC(c1ccccc1)c1cccc2ccccc12. The van der Waals surface area contributed by atoms with Crippen molar-refractivity contribution >= 4 is 10.8 Å². The molecule has 0 saturated carbocycles. The Morgan fingerprint density at radius 2 is 1.33 bits per heavy atom. The van der Waals surface area contributed by atoms with Crippen molar-refractivity contribution in [1.29, 1.82) is 0 Å². The molecule has 0 N–H and O–H groups in total. The van der Waals surface area contributed by atoms with Crippen LogP contribution in [-0.2, 0) is 4.74 Å². The number of hydrogen-bond donors (Lipinski definition) is 0. The van der Waals surface area contributed by atoms with Crippen molar-refractivity contribution in [3.05, 3.63) is 83.9 Å². The van der Waals surface area contributed by atoms with Crippen LogP contribution in [-0.4, -0.2) is 7.11 Å². The molecule has 0 amide bonds. The van der Waals surface area contributed by atoms with Gasteiger partial charge in [-0.15, -0.1) is 0 Å². The van der Waals surface area contributed by atoms with E-state index in [1.807, 2.05) is 32.0 Å². The van der Waals surface area contributed by atoms with Crippen LogP contribution in [0.5, 0.6) is 0 Å². The Balaban J connectivity index is 0.000000774. The van der Waals surface area contributed by atoms with E-state index in [0.29, 0.717) is 0 Å². The van der Waals surface area contributed by atoms with Crippen molar-refractivity contribution in [2.45, 2.75) is 20.0 Å². The molecule has 0 aromatic heterocycles. The van der Waals surface area contributed by atoms with Gasteiger partial charge in [-0.05, 0) is 21.9 Å². The van der Waals surface area contributed by atoms with Gasteiger partial charge < -0.3 is 4.74 Å². The molecule has 0 heterocycles. The van der Waals surface area contributed by atoms with Gasteiger partial charge in [-0.3, -0.25) is 0 Å². The fourth-order valence-corrected chi connectivity index (χ4v) is 2.55. The summed E-state index contributed by atoms with van der Waals surface area (Å²) in [4.78, 5) is 0. The smallest absolute Gasteiger partial charge is 0.108 e. The molecule has 1 unspecified atom stereocenters. The molecule has 0 radical (unpaired) electrons. The largest absolute Gasteiger partial charge is 0.372 e. The molecule has 0 spiro atoms. The van der Waals surface area contributed by atoms with Crippen LogP contribution in [0.2, 0.25) is 0 Å². The highest BCUT2D eigenvalue weighted by atomic mass is 16.5.